The SMILES string of the molecule is O=C(NO)C(Cc1ccccc1)S(=O)c1ccc(O)cc1. The zero-order valence-electron chi connectivity index (χ0n) is 11.1. The topological polar surface area (TPSA) is 86.6 Å². The maximum Gasteiger partial charge on any atom is 0.259 e. The van der Waals surface area contributed by atoms with Crippen molar-refractivity contribution in [2.24, 2.45) is 0 Å². The first-order chi connectivity index (χ1) is 10.1. The molecule has 0 saturated carbocycles. The number of carbonyl (C=O) groups excluding carboxylic acids is 1. The lowest BCUT2D eigenvalue weighted by Crippen LogP contribution is -2.37. The molecule has 2 aromatic carbocycles. The molecule has 0 aliphatic carbocycles. The molecule has 0 aromatic heterocycles. The molecule has 2 aromatic rings. The van der Waals surface area contributed by atoms with Crippen LogP contribution in [-0.2, 0) is 22.0 Å². The summed E-state index contributed by atoms with van der Waals surface area (Å²) in [6.45, 7) is 0. The van der Waals surface area contributed by atoms with E-state index in [-0.39, 0.29) is 12.2 Å². The van der Waals surface area contributed by atoms with Crippen molar-refractivity contribution in [2.75, 3.05) is 0 Å². The average Bonchev–Trinajstić information content (AvgIpc) is 2.53. The lowest BCUT2D eigenvalue weighted by atomic mass is 10.1. The van der Waals surface area contributed by atoms with Gasteiger partial charge in [-0.3, -0.25) is 14.2 Å². The van der Waals surface area contributed by atoms with Gasteiger partial charge in [-0.25, -0.2) is 5.48 Å². The molecule has 21 heavy (non-hydrogen) atoms. The van der Waals surface area contributed by atoms with Crippen LogP contribution >= 0.6 is 0 Å². The number of aromatic hydroxyl groups is 1. The van der Waals surface area contributed by atoms with Gasteiger partial charge >= 0.3 is 0 Å². The minimum Gasteiger partial charge on any atom is -0.508 e. The number of phenolic OH excluding ortho intramolecular Hbond substituents is 1. The van der Waals surface area contributed by atoms with Crippen LogP contribution in [0.4, 0.5) is 0 Å². The third kappa shape index (κ3) is 3.90. The van der Waals surface area contributed by atoms with Crippen molar-refractivity contribution in [3.8, 4) is 5.75 Å². The van der Waals surface area contributed by atoms with E-state index >= 15 is 0 Å². The largest absolute Gasteiger partial charge is 0.508 e. The van der Waals surface area contributed by atoms with Crippen molar-refractivity contribution in [2.45, 2.75) is 16.6 Å². The zero-order chi connectivity index (χ0) is 15.2. The monoisotopic (exact) mass is 305 g/mol. The van der Waals surface area contributed by atoms with Gasteiger partial charge in [0, 0.05) is 4.90 Å². The molecule has 0 aliphatic heterocycles. The Balaban J connectivity index is 2.25. The highest BCUT2D eigenvalue weighted by Crippen LogP contribution is 2.18. The number of hydrogen-bond acceptors (Lipinski definition) is 4. The van der Waals surface area contributed by atoms with E-state index in [1.54, 1.807) is 5.48 Å². The van der Waals surface area contributed by atoms with Crippen molar-refractivity contribution in [1.82, 2.24) is 5.48 Å². The maximum absolute atomic E-state index is 12.5. The molecule has 6 heteroatoms. The van der Waals surface area contributed by atoms with Crippen molar-refractivity contribution in [3.63, 3.8) is 0 Å². The molecule has 2 unspecified atom stereocenters. The lowest BCUT2D eigenvalue weighted by molar-refractivity contribution is -0.128. The Hall–Kier alpha value is -2.18. The summed E-state index contributed by atoms with van der Waals surface area (Å²) in [4.78, 5) is 12.2. The van der Waals surface area contributed by atoms with E-state index < -0.39 is 22.0 Å². The number of phenols is 1. The van der Waals surface area contributed by atoms with Crippen LogP contribution in [-0.4, -0.2) is 25.7 Å². The molecule has 0 aliphatic rings. The number of benzene rings is 2. The van der Waals surface area contributed by atoms with Gasteiger partial charge in [-0.05, 0) is 36.2 Å². The first-order valence-electron chi connectivity index (χ1n) is 6.29. The van der Waals surface area contributed by atoms with Gasteiger partial charge in [-0.15, -0.1) is 0 Å². The van der Waals surface area contributed by atoms with Crippen LogP contribution in [0.5, 0.6) is 5.75 Å². The first kappa shape index (κ1) is 15.2. The van der Waals surface area contributed by atoms with E-state index in [1.165, 1.54) is 24.3 Å². The molecule has 0 radical (unpaired) electrons. The smallest absolute Gasteiger partial charge is 0.259 e. The fourth-order valence-electron chi connectivity index (χ4n) is 1.91. The highest BCUT2D eigenvalue weighted by atomic mass is 32.2. The molecule has 2 rings (SSSR count). The normalized spacial score (nSPS) is 13.4. The summed E-state index contributed by atoms with van der Waals surface area (Å²) in [7, 11) is -1.64. The van der Waals surface area contributed by atoms with E-state index in [9.17, 15) is 14.1 Å². The fraction of sp³-hybridized carbons (Fsp3) is 0.133. The third-order valence-electron chi connectivity index (χ3n) is 2.99. The summed E-state index contributed by atoms with van der Waals surface area (Å²) in [5, 5.41) is 17.2. The Morgan fingerprint density at radius 2 is 1.71 bits per heavy atom. The quantitative estimate of drug-likeness (QED) is 0.578. The molecule has 3 N–H and O–H groups in total. The number of rotatable bonds is 5. The van der Waals surface area contributed by atoms with Gasteiger partial charge in [-0.1, -0.05) is 30.3 Å². The van der Waals surface area contributed by atoms with Crippen LogP contribution in [0.15, 0.2) is 59.5 Å². The second kappa shape index (κ2) is 7.01. The van der Waals surface area contributed by atoms with Crippen molar-refractivity contribution in [1.29, 1.82) is 0 Å². The molecular formula is C15H15NO4S. The summed E-state index contributed by atoms with van der Waals surface area (Å²) >= 11 is 0. The van der Waals surface area contributed by atoms with Crippen molar-refractivity contribution in [3.05, 3.63) is 60.2 Å². The second-order valence-corrected chi connectivity index (χ2v) is 6.08. The predicted octanol–water partition coefficient (Wildman–Crippen LogP) is 1.62. The summed E-state index contributed by atoms with van der Waals surface area (Å²) in [6, 6.07) is 15.0. The summed E-state index contributed by atoms with van der Waals surface area (Å²) in [6.07, 6.45) is 0.237. The standard InChI is InChI=1S/C15H15NO4S/c17-12-6-8-13(9-7-12)21(20)14(15(18)16-19)10-11-4-2-1-3-5-11/h1-9,14,17,19H,10H2,(H,16,18). The molecule has 5 nitrogen and oxygen atoms in total. The Morgan fingerprint density at radius 1 is 1.10 bits per heavy atom. The second-order valence-electron chi connectivity index (χ2n) is 4.45. The van der Waals surface area contributed by atoms with Gasteiger partial charge in [0.15, 0.2) is 0 Å². The van der Waals surface area contributed by atoms with Crippen LogP contribution in [0.2, 0.25) is 0 Å². The Labute approximate surface area is 124 Å². The Bertz CT molecular complexity index is 628. The van der Waals surface area contributed by atoms with E-state index in [0.717, 1.165) is 5.56 Å². The van der Waals surface area contributed by atoms with Gasteiger partial charge in [0.25, 0.3) is 5.91 Å². The van der Waals surface area contributed by atoms with Gasteiger partial charge in [0.1, 0.15) is 11.0 Å². The molecular weight excluding hydrogens is 290 g/mol. The minimum atomic E-state index is -1.64. The van der Waals surface area contributed by atoms with Crippen molar-refractivity contribution >= 4 is 16.7 Å². The molecule has 0 spiro atoms. The van der Waals surface area contributed by atoms with Gasteiger partial charge in [0.2, 0.25) is 0 Å². The molecule has 0 bridgehead atoms. The highest BCUT2D eigenvalue weighted by molar-refractivity contribution is 7.86. The van der Waals surface area contributed by atoms with Crippen LogP contribution < -0.4 is 5.48 Å². The summed E-state index contributed by atoms with van der Waals surface area (Å²) < 4.78 is 12.5. The molecule has 0 heterocycles. The van der Waals surface area contributed by atoms with E-state index in [2.05, 4.69) is 0 Å². The molecule has 2 atom stereocenters. The van der Waals surface area contributed by atoms with Crippen LogP contribution in [0, 0.1) is 0 Å². The van der Waals surface area contributed by atoms with E-state index in [4.69, 9.17) is 5.21 Å². The number of nitrogens with one attached hydrogen (secondary N) is 1. The third-order valence-corrected chi connectivity index (χ3v) is 4.63. The zero-order valence-corrected chi connectivity index (χ0v) is 11.9. The van der Waals surface area contributed by atoms with Gasteiger partial charge in [0.05, 0.1) is 10.8 Å². The fourth-order valence-corrected chi connectivity index (χ4v) is 3.23. The first-order valence-corrected chi connectivity index (χ1v) is 7.50. The summed E-state index contributed by atoms with van der Waals surface area (Å²) in [5.41, 5.74) is 2.41. The number of amides is 1. The highest BCUT2D eigenvalue weighted by Gasteiger charge is 2.26. The lowest BCUT2D eigenvalue weighted by Gasteiger charge is -2.15. The van der Waals surface area contributed by atoms with Crippen LogP contribution in [0.1, 0.15) is 5.56 Å². The maximum atomic E-state index is 12.5. The number of carbonyl (C=O) groups is 1. The molecule has 0 saturated heterocycles. The van der Waals surface area contributed by atoms with Crippen LogP contribution in [0.25, 0.3) is 0 Å². The van der Waals surface area contributed by atoms with E-state index in [1.807, 2.05) is 30.3 Å². The molecule has 1 amide bonds. The Morgan fingerprint density at radius 3 is 2.29 bits per heavy atom. The summed E-state index contributed by atoms with van der Waals surface area (Å²) in [5.74, 6) is -0.646. The number of hydroxylamine groups is 1. The molecule has 110 valence electrons. The molecule has 0 fully saturated rings. The Kier molecular flexibility index (Phi) is 5.08. The van der Waals surface area contributed by atoms with Gasteiger partial charge < -0.3 is 5.11 Å². The number of hydrogen-bond donors (Lipinski definition) is 3. The minimum absolute atomic E-state index is 0.0574. The van der Waals surface area contributed by atoms with E-state index in [0.29, 0.717) is 4.90 Å². The predicted molar refractivity (Wildman–Crippen MR) is 78.4 cm³/mol. The average molecular weight is 305 g/mol. The van der Waals surface area contributed by atoms with Gasteiger partial charge in [-0.2, -0.15) is 0 Å². The van der Waals surface area contributed by atoms with Crippen LogP contribution in [0.3, 0.4) is 0 Å². The van der Waals surface area contributed by atoms with Crippen molar-refractivity contribution < 1.29 is 19.3 Å².